The van der Waals surface area contributed by atoms with Gasteiger partial charge in [0, 0.05) is 18.8 Å². The van der Waals surface area contributed by atoms with Crippen LogP contribution in [0.2, 0.25) is 0 Å². The number of fused-ring (bicyclic) bond motifs is 1. The van der Waals surface area contributed by atoms with Crippen LogP contribution in [0.25, 0.3) is 11.0 Å². The third-order valence-electron chi connectivity index (χ3n) is 3.10. The SMILES string of the molecule is CN(c1ccccc1)c1cc(=O)c2ccccc2o1. The summed E-state index contributed by atoms with van der Waals surface area (Å²) < 4.78 is 5.78. The van der Waals surface area contributed by atoms with E-state index in [9.17, 15) is 4.79 Å². The van der Waals surface area contributed by atoms with Crippen LogP contribution in [0.5, 0.6) is 0 Å². The lowest BCUT2D eigenvalue weighted by Gasteiger charge is -2.17. The molecule has 94 valence electrons. The number of para-hydroxylation sites is 2. The van der Waals surface area contributed by atoms with Gasteiger partial charge in [-0.3, -0.25) is 4.79 Å². The Balaban J connectivity index is 2.14. The van der Waals surface area contributed by atoms with Crippen molar-refractivity contribution in [3.8, 4) is 0 Å². The van der Waals surface area contributed by atoms with E-state index in [-0.39, 0.29) is 5.43 Å². The molecule has 0 spiro atoms. The zero-order valence-electron chi connectivity index (χ0n) is 10.5. The summed E-state index contributed by atoms with van der Waals surface area (Å²) in [5.74, 6) is 0.537. The Hall–Kier alpha value is -2.55. The van der Waals surface area contributed by atoms with Crippen LogP contribution in [-0.4, -0.2) is 7.05 Å². The summed E-state index contributed by atoms with van der Waals surface area (Å²) >= 11 is 0. The summed E-state index contributed by atoms with van der Waals surface area (Å²) in [5, 5.41) is 0.604. The third kappa shape index (κ3) is 2.10. The second-order valence-electron chi connectivity index (χ2n) is 4.34. The summed E-state index contributed by atoms with van der Waals surface area (Å²) in [6.07, 6.45) is 0. The van der Waals surface area contributed by atoms with E-state index in [0.29, 0.717) is 16.9 Å². The van der Waals surface area contributed by atoms with Gasteiger partial charge in [-0.25, -0.2) is 0 Å². The van der Waals surface area contributed by atoms with Crippen molar-refractivity contribution >= 4 is 22.5 Å². The van der Waals surface area contributed by atoms with E-state index in [1.807, 2.05) is 54.4 Å². The van der Waals surface area contributed by atoms with Gasteiger partial charge in [-0.05, 0) is 24.3 Å². The van der Waals surface area contributed by atoms with E-state index in [0.717, 1.165) is 5.69 Å². The Bertz CT molecular complexity index is 762. The Morgan fingerprint density at radius 3 is 2.42 bits per heavy atom. The maximum absolute atomic E-state index is 12.0. The first-order chi connectivity index (χ1) is 9.25. The molecule has 0 atom stereocenters. The highest BCUT2D eigenvalue weighted by atomic mass is 16.4. The highest BCUT2D eigenvalue weighted by Crippen LogP contribution is 2.24. The topological polar surface area (TPSA) is 33.5 Å². The Kier molecular flexibility index (Phi) is 2.80. The number of hydrogen-bond donors (Lipinski definition) is 0. The van der Waals surface area contributed by atoms with Gasteiger partial charge >= 0.3 is 0 Å². The number of benzene rings is 2. The summed E-state index contributed by atoms with van der Waals surface area (Å²) in [7, 11) is 1.88. The smallest absolute Gasteiger partial charge is 0.204 e. The number of anilines is 2. The molecular formula is C16H13NO2. The molecule has 0 amide bonds. The lowest BCUT2D eigenvalue weighted by atomic mass is 10.2. The van der Waals surface area contributed by atoms with E-state index in [1.54, 1.807) is 12.1 Å². The molecule has 0 aliphatic rings. The second-order valence-corrected chi connectivity index (χ2v) is 4.34. The van der Waals surface area contributed by atoms with Crippen LogP contribution >= 0.6 is 0 Å². The van der Waals surface area contributed by atoms with Crippen molar-refractivity contribution in [1.82, 2.24) is 0 Å². The average molecular weight is 251 g/mol. The molecule has 0 saturated carbocycles. The van der Waals surface area contributed by atoms with Crippen molar-refractivity contribution in [3.63, 3.8) is 0 Å². The van der Waals surface area contributed by atoms with Crippen molar-refractivity contribution < 1.29 is 4.42 Å². The van der Waals surface area contributed by atoms with Crippen LogP contribution in [0.1, 0.15) is 0 Å². The molecule has 0 fully saturated rings. The molecule has 3 nitrogen and oxygen atoms in total. The van der Waals surface area contributed by atoms with Crippen molar-refractivity contribution in [2.24, 2.45) is 0 Å². The maximum atomic E-state index is 12.0. The minimum Gasteiger partial charge on any atom is -0.440 e. The van der Waals surface area contributed by atoms with Gasteiger partial charge in [-0.2, -0.15) is 0 Å². The molecule has 3 heteroatoms. The molecule has 3 rings (SSSR count). The fourth-order valence-corrected chi connectivity index (χ4v) is 2.04. The van der Waals surface area contributed by atoms with Gasteiger partial charge in [0.15, 0.2) is 5.43 Å². The van der Waals surface area contributed by atoms with Crippen LogP contribution in [0, 0.1) is 0 Å². The predicted molar refractivity (Wildman–Crippen MR) is 77.0 cm³/mol. The number of hydrogen-bond acceptors (Lipinski definition) is 3. The zero-order valence-corrected chi connectivity index (χ0v) is 10.5. The molecule has 0 saturated heterocycles. The molecule has 19 heavy (non-hydrogen) atoms. The first kappa shape index (κ1) is 11.5. The van der Waals surface area contributed by atoms with Gasteiger partial charge in [0.2, 0.25) is 5.88 Å². The van der Waals surface area contributed by atoms with Crippen molar-refractivity contribution in [2.45, 2.75) is 0 Å². The van der Waals surface area contributed by atoms with Crippen LogP contribution in [0.3, 0.4) is 0 Å². The van der Waals surface area contributed by atoms with Crippen molar-refractivity contribution in [3.05, 3.63) is 70.9 Å². The zero-order chi connectivity index (χ0) is 13.2. The molecule has 0 N–H and O–H groups in total. The van der Waals surface area contributed by atoms with E-state index >= 15 is 0 Å². The van der Waals surface area contributed by atoms with Crippen molar-refractivity contribution in [2.75, 3.05) is 11.9 Å². The molecule has 2 aromatic carbocycles. The van der Waals surface area contributed by atoms with Gasteiger partial charge in [0.05, 0.1) is 5.39 Å². The molecule has 0 radical (unpaired) electrons. The normalized spacial score (nSPS) is 10.6. The van der Waals surface area contributed by atoms with E-state index in [2.05, 4.69) is 0 Å². The quantitative estimate of drug-likeness (QED) is 0.698. The van der Waals surface area contributed by atoms with Crippen LogP contribution in [0.15, 0.2) is 69.9 Å². The predicted octanol–water partition coefficient (Wildman–Crippen LogP) is 3.56. The summed E-state index contributed by atoms with van der Waals surface area (Å²) in [5.41, 5.74) is 1.55. The minimum atomic E-state index is -0.0281. The molecule has 0 bridgehead atoms. The highest BCUT2D eigenvalue weighted by molar-refractivity contribution is 5.78. The Morgan fingerprint density at radius 1 is 0.947 bits per heavy atom. The van der Waals surface area contributed by atoms with Crippen LogP contribution in [0.4, 0.5) is 11.6 Å². The fourth-order valence-electron chi connectivity index (χ4n) is 2.04. The summed E-state index contributed by atoms with van der Waals surface area (Å²) in [6.45, 7) is 0. The fraction of sp³-hybridized carbons (Fsp3) is 0.0625. The van der Waals surface area contributed by atoms with Crippen molar-refractivity contribution in [1.29, 1.82) is 0 Å². The lowest BCUT2D eigenvalue weighted by Crippen LogP contribution is -2.12. The molecule has 1 aromatic heterocycles. The first-order valence-electron chi connectivity index (χ1n) is 6.07. The highest BCUT2D eigenvalue weighted by Gasteiger charge is 2.09. The van der Waals surface area contributed by atoms with E-state index < -0.39 is 0 Å². The Morgan fingerprint density at radius 2 is 1.63 bits per heavy atom. The Labute approximate surface area is 110 Å². The standard InChI is InChI=1S/C16H13NO2/c1-17(12-7-3-2-4-8-12)16-11-14(18)13-9-5-6-10-15(13)19-16/h2-11H,1H3. The second kappa shape index (κ2) is 4.61. The molecule has 1 heterocycles. The number of nitrogens with zero attached hydrogens (tertiary/aromatic N) is 1. The van der Waals surface area contributed by atoms with Gasteiger partial charge in [0.1, 0.15) is 5.58 Å². The monoisotopic (exact) mass is 251 g/mol. The van der Waals surface area contributed by atoms with E-state index in [4.69, 9.17) is 4.42 Å². The molecule has 0 aliphatic carbocycles. The molecule has 0 unspecified atom stereocenters. The van der Waals surface area contributed by atoms with Gasteiger partial charge < -0.3 is 9.32 Å². The maximum Gasteiger partial charge on any atom is 0.204 e. The largest absolute Gasteiger partial charge is 0.440 e. The summed E-state index contributed by atoms with van der Waals surface area (Å²) in [4.78, 5) is 13.9. The van der Waals surface area contributed by atoms with Crippen LogP contribution < -0.4 is 10.3 Å². The molecule has 3 aromatic rings. The molecular weight excluding hydrogens is 238 g/mol. The first-order valence-corrected chi connectivity index (χ1v) is 6.07. The van der Waals surface area contributed by atoms with Gasteiger partial charge in [-0.1, -0.05) is 30.3 Å². The molecule has 0 aliphatic heterocycles. The van der Waals surface area contributed by atoms with Gasteiger partial charge in [0.25, 0.3) is 0 Å². The third-order valence-corrected chi connectivity index (χ3v) is 3.10. The van der Waals surface area contributed by atoms with E-state index in [1.165, 1.54) is 6.07 Å². The van der Waals surface area contributed by atoms with Crippen LogP contribution in [-0.2, 0) is 0 Å². The minimum absolute atomic E-state index is 0.0281. The lowest BCUT2D eigenvalue weighted by molar-refractivity contribution is 0.603. The summed E-state index contributed by atoms with van der Waals surface area (Å²) in [6, 6.07) is 18.6. The average Bonchev–Trinajstić information content (AvgIpc) is 2.47. The van der Waals surface area contributed by atoms with Gasteiger partial charge in [-0.15, -0.1) is 0 Å². The number of rotatable bonds is 2.